The molecule has 0 aliphatic rings. The van der Waals surface area contributed by atoms with Crippen LogP contribution in [0, 0.1) is 0 Å². The lowest BCUT2D eigenvalue weighted by molar-refractivity contribution is -0.139. The van der Waals surface area contributed by atoms with Gasteiger partial charge in [0.25, 0.3) is 5.91 Å². The first kappa shape index (κ1) is 16.3. The van der Waals surface area contributed by atoms with Gasteiger partial charge in [-0.1, -0.05) is 29.3 Å². The Morgan fingerprint density at radius 2 is 1.80 bits per heavy atom. The fourth-order valence-corrected chi connectivity index (χ4v) is 2.06. The number of carboxylic acid groups (broad SMARTS) is 1. The zero-order valence-electron chi connectivity index (χ0n) is 10.2. The van der Waals surface area contributed by atoms with E-state index in [0.29, 0.717) is 0 Å². The van der Waals surface area contributed by atoms with Gasteiger partial charge in [-0.15, -0.1) is 0 Å². The van der Waals surface area contributed by atoms with E-state index in [9.17, 15) is 14.4 Å². The molecule has 6 nitrogen and oxygen atoms in total. The van der Waals surface area contributed by atoms with Gasteiger partial charge in [-0.3, -0.25) is 9.59 Å². The number of hydrogen-bond acceptors (Lipinski definition) is 3. The average molecular weight is 319 g/mol. The van der Waals surface area contributed by atoms with E-state index in [1.165, 1.54) is 12.1 Å². The third-order valence-corrected chi connectivity index (χ3v) is 3.10. The van der Waals surface area contributed by atoms with Crippen LogP contribution in [0.1, 0.15) is 23.2 Å². The summed E-state index contributed by atoms with van der Waals surface area (Å²) >= 11 is 11.7. The van der Waals surface area contributed by atoms with E-state index in [1.807, 2.05) is 0 Å². The Morgan fingerprint density at radius 1 is 1.25 bits per heavy atom. The lowest BCUT2D eigenvalue weighted by Crippen LogP contribution is -2.41. The Labute approximate surface area is 124 Å². The van der Waals surface area contributed by atoms with Crippen LogP contribution in [0.3, 0.4) is 0 Å². The van der Waals surface area contributed by atoms with Gasteiger partial charge in [-0.25, -0.2) is 4.79 Å². The van der Waals surface area contributed by atoms with Crippen LogP contribution < -0.4 is 11.1 Å². The molecule has 0 aliphatic heterocycles. The van der Waals surface area contributed by atoms with E-state index < -0.39 is 23.8 Å². The third kappa shape index (κ3) is 4.40. The highest BCUT2D eigenvalue weighted by molar-refractivity contribution is 6.39. The van der Waals surface area contributed by atoms with Gasteiger partial charge in [-0.2, -0.15) is 0 Å². The normalized spacial score (nSPS) is 11.7. The summed E-state index contributed by atoms with van der Waals surface area (Å²) in [5.41, 5.74) is 4.93. The Bertz CT molecular complexity index is 528. The van der Waals surface area contributed by atoms with Crippen LogP contribution in [-0.4, -0.2) is 28.9 Å². The molecule has 4 N–H and O–H groups in total. The second-order valence-electron chi connectivity index (χ2n) is 3.97. The molecule has 0 fully saturated rings. The van der Waals surface area contributed by atoms with Crippen molar-refractivity contribution in [1.82, 2.24) is 5.32 Å². The predicted molar refractivity (Wildman–Crippen MR) is 73.8 cm³/mol. The number of hydrogen-bond donors (Lipinski definition) is 3. The van der Waals surface area contributed by atoms with Crippen molar-refractivity contribution >= 4 is 41.0 Å². The summed E-state index contributed by atoms with van der Waals surface area (Å²) in [6.45, 7) is 0. The smallest absolute Gasteiger partial charge is 0.326 e. The lowest BCUT2D eigenvalue weighted by Gasteiger charge is -2.15. The molecule has 0 heterocycles. The first-order valence-corrected chi connectivity index (χ1v) is 6.34. The van der Waals surface area contributed by atoms with Gasteiger partial charge in [0.2, 0.25) is 5.91 Å². The third-order valence-electron chi connectivity index (χ3n) is 2.47. The number of rotatable bonds is 6. The Balaban J connectivity index is 2.86. The highest BCUT2D eigenvalue weighted by Gasteiger charge is 2.23. The second-order valence-corrected chi connectivity index (χ2v) is 4.78. The molecule has 2 amide bonds. The van der Waals surface area contributed by atoms with Crippen molar-refractivity contribution in [3.63, 3.8) is 0 Å². The van der Waals surface area contributed by atoms with Gasteiger partial charge in [0.05, 0.1) is 15.6 Å². The van der Waals surface area contributed by atoms with Crippen LogP contribution in [-0.2, 0) is 9.59 Å². The van der Waals surface area contributed by atoms with Crippen molar-refractivity contribution in [3.05, 3.63) is 33.8 Å². The van der Waals surface area contributed by atoms with Crippen LogP contribution >= 0.6 is 23.2 Å². The molecule has 0 saturated heterocycles. The molecule has 108 valence electrons. The zero-order valence-corrected chi connectivity index (χ0v) is 11.7. The Kier molecular flexibility index (Phi) is 5.79. The minimum absolute atomic E-state index is 0.0128. The Morgan fingerprint density at radius 3 is 2.25 bits per heavy atom. The molecule has 1 aromatic rings. The van der Waals surface area contributed by atoms with E-state index >= 15 is 0 Å². The number of benzene rings is 1. The van der Waals surface area contributed by atoms with Crippen LogP contribution in [0.5, 0.6) is 0 Å². The summed E-state index contributed by atoms with van der Waals surface area (Å²) in [5, 5.41) is 11.5. The number of nitrogens with one attached hydrogen (secondary N) is 1. The quantitative estimate of drug-likeness (QED) is 0.737. The highest BCUT2D eigenvalue weighted by atomic mass is 35.5. The van der Waals surface area contributed by atoms with Crippen molar-refractivity contribution in [2.75, 3.05) is 0 Å². The van der Waals surface area contributed by atoms with Gasteiger partial charge in [0.15, 0.2) is 0 Å². The SMILES string of the molecule is NC(=O)CC[C@H](NC(=O)c1c(Cl)cccc1Cl)C(=O)O. The lowest BCUT2D eigenvalue weighted by atomic mass is 10.1. The van der Waals surface area contributed by atoms with E-state index in [-0.39, 0.29) is 28.5 Å². The maximum absolute atomic E-state index is 12.0. The summed E-state index contributed by atoms with van der Waals surface area (Å²) < 4.78 is 0. The molecule has 0 saturated carbocycles. The molecule has 0 radical (unpaired) electrons. The predicted octanol–water partition coefficient (Wildman–Crippen LogP) is 1.44. The van der Waals surface area contributed by atoms with Crippen molar-refractivity contribution in [1.29, 1.82) is 0 Å². The fourth-order valence-electron chi connectivity index (χ4n) is 1.49. The molecule has 0 bridgehead atoms. The second kappa shape index (κ2) is 7.12. The summed E-state index contributed by atoms with van der Waals surface area (Å²) in [5.74, 6) is -2.65. The van der Waals surface area contributed by atoms with Crippen LogP contribution in [0.2, 0.25) is 10.0 Å². The Hall–Kier alpha value is -1.79. The number of carboxylic acids is 1. The van der Waals surface area contributed by atoms with Crippen molar-refractivity contribution in [2.45, 2.75) is 18.9 Å². The van der Waals surface area contributed by atoms with Gasteiger partial charge in [0, 0.05) is 6.42 Å². The summed E-state index contributed by atoms with van der Waals surface area (Å²) in [4.78, 5) is 33.7. The van der Waals surface area contributed by atoms with Gasteiger partial charge in [-0.05, 0) is 18.6 Å². The van der Waals surface area contributed by atoms with Crippen LogP contribution in [0.4, 0.5) is 0 Å². The number of primary amides is 1. The molecule has 1 rings (SSSR count). The molecular formula is C12H12Cl2N2O4. The molecule has 0 aromatic heterocycles. The number of nitrogens with two attached hydrogens (primary N) is 1. The first-order chi connectivity index (χ1) is 9.32. The number of aliphatic carboxylic acids is 1. The largest absolute Gasteiger partial charge is 0.480 e. The van der Waals surface area contributed by atoms with Crippen LogP contribution in [0.25, 0.3) is 0 Å². The van der Waals surface area contributed by atoms with E-state index in [2.05, 4.69) is 5.32 Å². The highest BCUT2D eigenvalue weighted by Crippen LogP contribution is 2.24. The monoisotopic (exact) mass is 318 g/mol. The first-order valence-electron chi connectivity index (χ1n) is 5.59. The molecule has 0 unspecified atom stereocenters. The maximum Gasteiger partial charge on any atom is 0.326 e. The zero-order chi connectivity index (χ0) is 15.3. The topological polar surface area (TPSA) is 109 Å². The minimum atomic E-state index is -1.28. The standard InChI is InChI=1S/C12H12Cl2N2O4/c13-6-2-1-3-7(14)10(6)11(18)16-8(12(19)20)4-5-9(15)17/h1-3,8H,4-5H2,(H2,15,17)(H,16,18)(H,19,20)/t8-/m0/s1. The molecule has 8 heteroatoms. The van der Waals surface area contributed by atoms with Crippen molar-refractivity contribution < 1.29 is 19.5 Å². The number of carbonyl (C=O) groups excluding carboxylic acids is 2. The molecular weight excluding hydrogens is 307 g/mol. The number of halogens is 2. The van der Waals surface area contributed by atoms with E-state index in [4.69, 9.17) is 34.0 Å². The molecule has 1 aromatic carbocycles. The number of amides is 2. The van der Waals surface area contributed by atoms with Crippen LogP contribution in [0.15, 0.2) is 18.2 Å². The molecule has 20 heavy (non-hydrogen) atoms. The van der Waals surface area contributed by atoms with E-state index in [1.54, 1.807) is 6.07 Å². The van der Waals surface area contributed by atoms with E-state index in [0.717, 1.165) is 0 Å². The summed E-state index contributed by atoms with van der Waals surface area (Å²) in [6.07, 6.45) is -0.272. The minimum Gasteiger partial charge on any atom is -0.480 e. The van der Waals surface area contributed by atoms with Crippen molar-refractivity contribution in [2.24, 2.45) is 5.73 Å². The number of carbonyl (C=O) groups is 3. The van der Waals surface area contributed by atoms with Gasteiger partial charge >= 0.3 is 5.97 Å². The molecule has 0 aliphatic carbocycles. The molecule has 0 spiro atoms. The average Bonchev–Trinajstić information content (AvgIpc) is 2.33. The summed E-state index contributed by atoms with van der Waals surface area (Å²) in [7, 11) is 0. The van der Waals surface area contributed by atoms with Gasteiger partial charge < -0.3 is 16.2 Å². The van der Waals surface area contributed by atoms with Gasteiger partial charge in [0.1, 0.15) is 6.04 Å². The fraction of sp³-hybridized carbons (Fsp3) is 0.250. The summed E-state index contributed by atoms with van der Waals surface area (Å²) in [6, 6.07) is 3.23. The van der Waals surface area contributed by atoms with Crippen molar-refractivity contribution in [3.8, 4) is 0 Å². The maximum atomic E-state index is 12.0. The molecule has 1 atom stereocenters.